The summed E-state index contributed by atoms with van der Waals surface area (Å²) in [5, 5.41) is 10.5. The molecule has 0 spiro atoms. The van der Waals surface area contributed by atoms with Gasteiger partial charge in [0.1, 0.15) is 0 Å². The van der Waals surface area contributed by atoms with Gasteiger partial charge < -0.3 is 5.11 Å². The van der Waals surface area contributed by atoms with E-state index < -0.39 is 0 Å². The first-order valence-corrected chi connectivity index (χ1v) is 7.89. The molecule has 1 nitrogen and oxygen atoms in total. The Morgan fingerprint density at radius 3 is 2.18 bits per heavy atom. The molecule has 1 saturated carbocycles. The van der Waals surface area contributed by atoms with Crippen molar-refractivity contribution in [2.75, 3.05) is 0 Å². The maximum absolute atomic E-state index is 10.5. The predicted octanol–water partition coefficient (Wildman–Crippen LogP) is 5.07. The van der Waals surface area contributed by atoms with Gasteiger partial charge in [0, 0.05) is 0 Å². The average molecular weight is 240 g/mol. The lowest BCUT2D eigenvalue weighted by Gasteiger charge is -2.35. The van der Waals surface area contributed by atoms with Crippen LogP contribution in [0.2, 0.25) is 0 Å². The number of unbranched alkanes of at least 4 members (excludes halogenated alkanes) is 5. The summed E-state index contributed by atoms with van der Waals surface area (Å²) in [6, 6.07) is 0. The van der Waals surface area contributed by atoms with Crippen molar-refractivity contribution in [3.05, 3.63) is 0 Å². The minimum atomic E-state index is -0.384. The minimum absolute atomic E-state index is 0.384. The number of aliphatic hydroxyl groups is 1. The molecule has 1 aliphatic rings. The predicted molar refractivity (Wildman–Crippen MR) is 75.2 cm³/mol. The fraction of sp³-hybridized carbons (Fsp3) is 1.00. The highest BCUT2D eigenvalue weighted by molar-refractivity contribution is 4.84. The quantitative estimate of drug-likeness (QED) is 0.587. The van der Waals surface area contributed by atoms with Crippen LogP contribution in [-0.4, -0.2) is 10.7 Å². The van der Waals surface area contributed by atoms with E-state index in [2.05, 4.69) is 13.8 Å². The van der Waals surface area contributed by atoms with Gasteiger partial charge in [-0.1, -0.05) is 64.7 Å². The highest BCUT2D eigenvalue weighted by Gasteiger charge is 2.31. The van der Waals surface area contributed by atoms with Crippen LogP contribution in [0.5, 0.6) is 0 Å². The molecule has 0 aromatic heterocycles. The summed E-state index contributed by atoms with van der Waals surface area (Å²) < 4.78 is 0. The summed E-state index contributed by atoms with van der Waals surface area (Å²) in [6.07, 6.45) is 15.5. The van der Waals surface area contributed by atoms with Gasteiger partial charge in [0.2, 0.25) is 0 Å². The minimum Gasteiger partial charge on any atom is -0.390 e. The maximum atomic E-state index is 10.5. The topological polar surface area (TPSA) is 20.2 Å². The lowest BCUT2D eigenvalue weighted by Crippen LogP contribution is -2.35. The van der Waals surface area contributed by atoms with Crippen LogP contribution in [0, 0.1) is 5.92 Å². The van der Waals surface area contributed by atoms with E-state index in [9.17, 15) is 5.11 Å². The number of rotatable bonds is 8. The largest absolute Gasteiger partial charge is 0.390 e. The molecule has 1 atom stereocenters. The molecular weight excluding hydrogens is 208 g/mol. The smallest absolute Gasteiger partial charge is 0.0647 e. The van der Waals surface area contributed by atoms with Crippen LogP contribution in [0.25, 0.3) is 0 Å². The van der Waals surface area contributed by atoms with Gasteiger partial charge in [0.05, 0.1) is 5.60 Å². The highest BCUT2D eigenvalue weighted by Crippen LogP contribution is 2.35. The third kappa shape index (κ3) is 5.90. The van der Waals surface area contributed by atoms with E-state index in [1.807, 2.05) is 0 Å². The summed E-state index contributed by atoms with van der Waals surface area (Å²) in [6.45, 7) is 4.34. The van der Waals surface area contributed by atoms with Crippen LogP contribution in [-0.2, 0) is 0 Å². The summed E-state index contributed by atoms with van der Waals surface area (Å²) >= 11 is 0. The van der Waals surface area contributed by atoms with Crippen LogP contribution in [0.4, 0.5) is 0 Å². The molecule has 17 heavy (non-hydrogen) atoms. The molecule has 1 aliphatic carbocycles. The van der Waals surface area contributed by atoms with Crippen molar-refractivity contribution < 1.29 is 5.11 Å². The molecule has 1 rings (SSSR count). The molecule has 0 aliphatic heterocycles. The summed E-state index contributed by atoms with van der Waals surface area (Å²) in [4.78, 5) is 0. The molecular formula is C16H32O. The Kier molecular flexibility index (Phi) is 7.18. The van der Waals surface area contributed by atoms with Gasteiger partial charge in [-0.25, -0.2) is 0 Å². The zero-order valence-electron chi connectivity index (χ0n) is 12.0. The molecule has 1 heteroatoms. The van der Waals surface area contributed by atoms with E-state index in [4.69, 9.17) is 0 Å². The van der Waals surface area contributed by atoms with Crippen LogP contribution in [0.3, 0.4) is 0 Å². The monoisotopic (exact) mass is 240 g/mol. The van der Waals surface area contributed by atoms with E-state index in [0.29, 0.717) is 5.92 Å². The molecule has 0 saturated heterocycles. The van der Waals surface area contributed by atoms with Gasteiger partial charge in [-0.2, -0.15) is 0 Å². The van der Waals surface area contributed by atoms with Crippen molar-refractivity contribution in [3.63, 3.8) is 0 Å². The molecule has 0 bridgehead atoms. The molecule has 0 amide bonds. The maximum Gasteiger partial charge on any atom is 0.0647 e. The van der Waals surface area contributed by atoms with Crippen molar-refractivity contribution in [2.45, 2.75) is 96.5 Å². The van der Waals surface area contributed by atoms with Crippen LogP contribution < -0.4 is 0 Å². The molecule has 0 aromatic rings. The Bertz CT molecular complexity index is 180. The highest BCUT2D eigenvalue weighted by atomic mass is 16.3. The van der Waals surface area contributed by atoms with Crippen LogP contribution in [0.1, 0.15) is 90.9 Å². The van der Waals surface area contributed by atoms with Crippen molar-refractivity contribution in [1.29, 1.82) is 0 Å². The van der Waals surface area contributed by atoms with Gasteiger partial charge in [0.15, 0.2) is 0 Å². The zero-order chi connectivity index (χ0) is 12.6. The van der Waals surface area contributed by atoms with E-state index in [1.54, 1.807) is 0 Å². The third-order valence-corrected chi connectivity index (χ3v) is 4.52. The Morgan fingerprint density at radius 2 is 1.53 bits per heavy atom. The van der Waals surface area contributed by atoms with E-state index in [-0.39, 0.29) is 5.60 Å². The van der Waals surface area contributed by atoms with E-state index in [1.165, 1.54) is 70.6 Å². The summed E-state index contributed by atoms with van der Waals surface area (Å²) in [5.41, 5.74) is -0.384. The fourth-order valence-corrected chi connectivity index (χ4v) is 3.19. The van der Waals surface area contributed by atoms with Crippen LogP contribution in [0.15, 0.2) is 0 Å². The first kappa shape index (κ1) is 15.0. The zero-order valence-corrected chi connectivity index (χ0v) is 12.0. The lowest BCUT2D eigenvalue weighted by molar-refractivity contribution is -0.0254. The number of hydrogen-bond donors (Lipinski definition) is 1. The van der Waals surface area contributed by atoms with Gasteiger partial charge in [-0.05, 0) is 32.1 Å². The van der Waals surface area contributed by atoms with Gasteiger partial charge >= 0.3 is 0 Å². The van der Waals surface area contributed by atoms with E-state index in [0.717, 1.165) is 6.42 Å². The molecule has 0 radical (unpaired) electrons. The molecule has 1 fully saturated rings. The molecule has 0 aromatic carbocycles. The van der Waals surface area contributed by atoms with Crippen molar-refractivity contribution in [3.8, 4) is 0 Å². The van der Waals surface area contributed by atoms with Crippen LogP contribution >= 0.6 is 0 Å². The Morgan fingerprint density at radius 1 is 0.941 bits per heavy atom. The fourth-order valence-electron chi connectivity index (χ4n) is 3.19. The Labute approximate surface area is 108 Å². The first-order valence-electron chi connectivity index (χ1n) is 7.89. The van der Waals surface area contributed by atoms with Gasteiger partial charge in [-0.15, -0.1) is 0 Å². The van der Waals surface area contributed by atoms with Gasteiger partial charge in [-0.3, -0.25) is 0 Å². The average Bonchev–Trinajstić information content (AvgIpc) is 2.35. The van der Waals surface area contributed by atoms with Crippen molar-refractivity contribution in [1.82, 2.24) is 0 Å². The lowest BCUT2D eigenvalue weighted by atomic mass is 9.75. The standard InChI is InChI=1S/C16H32O/c1-3-4-5-6-7-11-14-16(2,17)15-12-9-8-10-13-15/h15,17H,3-14H2,1-2H3. The molecule has 102 valence electrons. The summed E-state index contributed by atoms with van der Waals surface area (Å²) in [5.74, 6) is 0.576. The Balaban J connectivity index is 2.10. The van der Waals surface area contributed by atoms with E-state index >= 15 is 0 Å². The summed E-state index contributed by atoms with van der Waals surface area (Å²) in [7, 11) is 0. The third-order valence-electron chi connectivity index (χ3n) is 4.52. The van der Waals surface area contributed by atoms with Crippen molar-refractivity contribution in [2.24, 2.45) is 5.92 Å². The molecule has 1 unspecified atom stereocenters. The van der Waals surface area contributed by atoms with Crippen molar-refractivity contribution >= 4 is 0 Å². The SMILES string of the molecule is CCCCCCCCC(C)(O)C1CCCCC1. The Hall–Kier alpha value is -0.0400. The van der Waals surface area contributed by atoms with Gasteiger partial charge in [0.25, 0.3) is 0 Å². The number of hydrogen-bond acceptors (Lipinski definition) is 1. The second kappa shape index (κ2) is 8.13. The molecule has 0 heterocycles. The molecule has 1 N–H and O–H groups in total. The normalized spacial score (nSPS) is 21.4. The first-order chi connectivity index (χ1) is 8.17. The second-order valence-electron chi connectivity index (χ2n) is 6.21. The second-order valence-corrected chi connectivity index (χ2v) is 6.21.